The van der Waals surface area contributed by atoms with Crippen LogP contribution in [-0.2, 0) is 4.79 Å². The molecule has 1 aromatic rings. The van der Waals surface area contributed by atoms with Gasteiger partial charge in [0.15, 0.2) is 5.78 Å². The Morgan fingerprint density at radius 1 is 1.33 bits per heavy atom. The summed E-state index contributed by atoms with van der Waals surface area (Å²) in [7, 11) is 0. The Bertz CT molecular complexity index is 389. The number of aliphatic carboxylic acids is 1. The molecule has 1 rings (SSSR count). The molecule has 4 N–H and O–H groups in total. The highest BCUT2D eigenvalue weighted by atomic mass is 16.4. The van der Waals surface area contributed by atoms with Crippen molar-refractivity contribution in [2.45, 2.75) is 12.5 Å². The number of aromatic hydroxyl groups is 1. The van der Waals surface area contributed by atoms with Crippen LogP contribution >= 0.6 is 0 Å². The van der Waals surface area contributed by atoms with E-state index >= 15 is 0 Å². The highest BCUT2D eigenvalue weighted by Gasteiger charge is 2.19. The molecule has 0 saturated carbocycles. The van der Waals surface area contributed by atoms with Crippen LogP contribution in [0, 0.1) is 0 Å². The van der Waals surface area contributed by atoms with E-state index in [9.17, 15) is 14.7 Å². The van der Waals surface area contributed by atoms with Gasteiger partial charge in [0.1, 0.15) is 11.8 Å². The molecule has 1 aromatic carbocycles. The number of phenols is 1. The normalized spacial score (nSPS) is 12.1. The van der Waals surface area contributed by atoms with Gasteiger partial charge in [0, 0.05) is 6.42 Å². The van der Waals surface area contributed by atoms with E-state index in [2.05, 4.69) is 0 Å². The fraction of sp³-hybridized carbons (Fsp3) is 0.200. The number of hydrogen-bond donors (Lipinski definition) is 3. The van der Waals surface area contributed by atoms with Crippen LogP contribution in [0.1, 0.15) is 16.8 Å². The molecule has 0 saturated heterocycles. The quantitative estimate of drug-likeness (QED) is 0.622. The maximum atomic E-state index is 11.5. The number of carboxylic acid groups (broad SMARTS) is 1. The van der Waals surface area contributed by atoms with E-state index in [4.69, 9.17) is 10.8 Å². The lowest BCUT2D eigenvalue weighted by Crippen LogP contribution is -2.32. The van der Waals surface area contributed by atoms with E-state index in [0.717, 1.165) is 0 Å². The zero-order valence-electron chi connectivity index (χ0n) is 7.88. The van der Waals surface area contributed by atoms with E-state index in [0.29, 0.717) is 0 Å². The summed E-state index contributed by atoms with van der Waals surface area (Å²) in [4.78, 5) is 21.9. The number of phenolic OH excluding ortho intramolecular Hbond substituents is 1. The van der Waals surface area contributed by atoms with Crippen molar-refractivity contribution in [2.75, 3.05) is 0 Å². The van der Waals surface area contributed by atoms with E-state index in [1.165, 1.54) is 12.1 Å². The molecule has 0 aliphatic rings. The van der Waals surface area contributed by atoms with Crippen molar-refractivity contribution in [1.82, 2.24) is 0 Å². The molecule has 15 heavy (non-hydrogen) atoms. The SMILES string of the molecule is NC(CC(=O)c1ccccc1O)C(=O)O. The molecular weight excluding hydrogens is 198 g/mol. The third-order valence-corrected chi connectivity index (χ3v) is 1.93. The summed E-state index contributed by atoms with van der Waals surface area (Å²) in [5.74, 6) is -1.89. The fourth-order valence-corrected chi connectivity index (χ4v) is 1.11. The molecule has 5 nitrogen and oxygen atoms in total. The van der Waals surface area contributed by atoms with E-state index < -0.39 is 17.8 Å². The molecule has 0 amide bonds. The number of Topliss-reactive ketones (excluding diaryl/α,β-unsaturated/α-hetero) is 1. The molecule has 1 atom stereocenters. The minimum Gasteiger partial charge on any atom is -0.507 e. The zero-order valence-corrected chi connectivity index (χ0v) is 7.88. The summed E-state index contributed by atoms with van der Waals surface area (Å²) in [6.45, 7) is 0. The lowest BCUT2D eigenvalue weighted by molar-refractivity contribution is -0.138. The third kappa shape index (κ3) is 2.78. The van der Waals surface area contributed by atoms with Gasteiger partial charge < -0.3 is 15.9 Å². The summed E-state index contributed by atoms with van der Waals surface area (Å²) < 4.78 is 0. The summed E-state index contributed by atoms with van der Waals surface area (Å²) in [5, 5.41) is 17.8. The molecular formula is C10H11NO4. The molecule has 0 aromatic heterocycles. The molecule has 0 aliphatic heterocycles. The lowest BCUT2D eigenvalue weighted by Gasteiger charge is -2.06. The number of carbonyl (C=O) groups excluding carboxylic acids is 1. The van der Waals surface area contributed by atoms with Crippen molar-refractivity contribution >= 4 is 11.8 Å². The van der Waals surface area contributed by atoms with Crippen LogP contribution in [0.4, 0.5) is 0 Å². The van der Waals surface area contributed by atoms with Gasteiger partial charge in [-0.15, -0.1) is 0 Å². The van der Waals surface area contributed by atoms with Crippen LogP contribution in [0.25, 0.3) is 0 Å². The van der Waals surface area contributed by atoms with Gasteiger partial charge in [-0.2, -0.15) is 0 Å². The highest BCUT2D eigenvalue weighted by Crippen LogP contribution is 2.17. The van der Waals surface area contributed by atoms with Gasteiger partial charge in [-0.05, 0) is 12.1 Å². The molecule has 1 unspecified atom stereocenters. The molecule has 80 valence electrons. The van der Waals surface area contributed by atoms with Gasteiger partial charge in [0.25, 0.3) is 0 Å². The summed E-state index contributed by atoms with van der Waals surface area (Å²) in [6, 6.07) is 4.70. The molecule has 0 spiro atoms. The lowest BCUT2D eigenvalue weighted by atomic mass is 10.0. The van der Waals surface area contributed by atoms with Gasteiger partial charge in [0.05, 0.1) is 5.56 Å². The number of nitrogens with two attached hydrogens (primary N) is 1. The maximum absolute atomic E-state index is 11.5. The number of para-hydroxylation sites is 1. The smallest absolute Gasteiger partial charge is 0.320 e. The van der Waals surface area contributed by atoms with Crippen molar-refractivity contribution in [2.24, 2.45) is 5.73 Å². The van der Waals surface area contributed by atoms with Crippen molar-refractivity contribution in [3.8, 4) is 5.75 Å². The fourth-order valence-electron chi connectivity index (χ4n) is 1.11. The molecule has 0 aliphatic carbocycles. The largest absolute Gasteiger partial charge is 0.507 e. The maximum Gasteiger partial charge on any atom is 0.320 e. The first-order valence-corrected chi connectivity index (χ1v) is 4.32. The Balaban J connectivity index is 2.78. The summed E-state index contributed by atoms with van der Waals surface area (Å²) in [6.07, 6.45) is -0.326. The number of rotatable bonds is 4. The van der Waals surface area contributed by atoms with Crippen LogP contribution in [-0.4, -0.2) is 28.0 Å². The van der Waals surface area contributed by atoms with E-state index in [1.54, 1.807) is 12.1 Å². The number of ketones is 1. The van der Waals surface area contributed by atoms with E-state index in [1.807, 2.05) is 0 Å². The van der Waals surface area contributed by atoms with Gasteiger partial charge >= 0.3 is 5.97 Å². The van der Waals surface area contributed by atoms with Gasteiger partial charge in [-0.3, -0.25) is 9.59 Å². The first kappa shape index (κ1) is 11.2. The highest BCUT2D eigenvalue weighted by molar-refractivity contribution is 6.00. The molecule has 0 heterocycles. The van der Waals surface area contributed by atoms with Gasteiger partial charge in [-0.25, -0.2) is 0 Å². The first-order valence-electron chi connectivity index (χ1n) is 4.32. The van der Waals surface area contributed by atoms with Crippen LogP contribution < -0.4 is 5.73 Å². The van der Waals surface area contributed by atoms with Crippen LogP contribution in [0.3, 0.4) is 0 Å². The number of carbonyl (C=O) groups is 2. The van der Waals surface area contributed by atoms with Gasteiger partial charge in [0.2, 0.25) is 0 Å². The van der Waals surface area contributed by atoms with Crippen molar-refractivity contribution < 1.29 is 19.8 Å². The number of hydrogen-bond acceptors (Lipinski definition) is 4. The van der Waals surface area contributed by atoms with Gasteiger partial charge in [-0.1, -0.05) is 12.1 Å². The van der Waals surface area contributed by atoms with Crippen molar-refractivity contribution in [3.63, 3.8) is 0 Å². The Kier molecular flexibility index (Phi) is 3.41. The predicted molar refractivity (Wildman–Crippen MR) is 52.7 cm³/mol. The average Bonchev–Trinajstić information content (AvgIpc) is 2.18. The minimum atomic E-state index is -1.24. The third-order valence-electron chi connectivity index (χ3n) is 1.93. The molecule has 5 heteroatoms. The Morgan fingerprint density at radius 2 is 1.93 bits per heavy atom. The number of carboxylic acids is 1. The van der Waals surface area contributed by atoms with E-state index in [-0.39, 0.29) is 17.7 Å². The standard InChI is InChI=1S/C10H11NO4/c11-7(10(14)15)5-9(13)6-3-1-2-4-8(6)12/h1-4,7,12H,5,11H2,(H,14,15). The zero-order chi connectivity index (χ0) is 11.4. The second-order valence-corrected chi connectivity index (χ2v) is 3.09. The minimum absolute atomic E-state index is 0.0919. The Morgan fingerprint density at radius 3 is 2.47 bits per heavy atom. The molecule has 0 radical (unpaired) electrons. The second-order valence-electron chi connectivity index (χ2n) is 3.09. The van der Waals surface area contributed by atoms with Crippen LogP contribution in [0.15, 0.2) is 24.3 Å². The Labute approximate surface area is 86.1 Å². The summed E-state index contributed by atoms with van der Waals surface area (Å²) >= 11 is 0. The topological polar surface area (TPSA) is 101 Å². The Hall–Kier alpha value is -1.88. The van der Waals surface area contributed by atoms with Crippen LogP contribution in [0.5, 0.6) is 5.75 Å². The monoisotopic (exact) mass is 209 g/mol. The number of benzene rings is 1. The van der Waals surface area contributed by atoms with Crippen molar-refractivity contribution in [1.29, 1.82) is 0 Å². The van der Waals surface area contributed by atoms with Crippen molar-refractivity contribution in [3.05, 3.63) is 29.8 Å². The predicted octanol–water partition coefficient (Wildman–Crippen LogP) is 0.377. The first-order chi connectivity index (χ1) is 7.02. The average molecular weight is 209 g/mol. The van der Waals surface area contributed by atoms with Crippen LogP contribution in [0.2, 0.25) is 0 Å². The molecule has 0 fully saturated rings. The summed E-state index contributed by atoms with van der Waals surface area (Å²) in [5.41, 5.74) is 5.29. The second kappa shape index (κ2) is 4.56. The molecule has 0 bridgehead atoms.